The third-order valence-corrected chi connectivity index (χ3v) is 6.67. The first-order chi connectivity index (χ1) is 6.27. The fraction of sp³-hybridized carbons (Fsp3) is 0. The van der Waals surface area contributed by atoms with Gasteiger partial charge in [-0.25, -0.2) is 0 Å². The van der Waals surface area contributed by atoms with Gasteiger partial charge in [-0.05, 0) is 54.8 Å². The van der Waals surface area contributed by atoms with Gasteiger partial charge in [-0.3, -0.25) is 0 Å². The van der Waals surface area contributed by atoms with Gasteiger partial charge in [0.2, 0.25) is 0 Å². The van der Waals surface area contributed by atoms with E-state index in [0.29, 0.717) is 0 Å². The van der Waals surface area contributed by atoms with Crippen molar-refractivity contribution in [2.24, 2.45) is 0 Å². The summed E-state index contributed by atoms with van der Waals surface area (Å²) in [6, 6.07) is 4.26. The van der Waals surface area contributed by atoms with E-state index in [1.165, 1.54) is 17.4 Å². The average molecular weight is 356 g/mol. The Morgan fingerprint density at radius 1 is 0.923 bits per heavy atom. The molecule has 5 heteroatoms. The van der Waals surface area contributed by atoms with Gasteiger partial charge in [-0.1, -0.05) is 11.8 Å². The molecule has 2 rings (SSSR count). The predicted molar refractivity (Wildman–Crippen MR) is 68.2 cm³/mol. The molecule has 0 aliphatic rings. The van der Waals surface area contributed by atoms with Crippen molar-refractivity contribution in [3.8, 4) is 0 Å². The quantitative estimate of drug-likeness (QED) is 0.686. The van der Waals surface area contributed by atoms with Crippen LogP contribution in [-0.2, 0) is 0 Å². The molecule has 0 aromatic carbocycles. The van der Waals surface area contributed by atoms with Gasteiger partial charge in [0.1, 0.15) is 0 Å². The molecule has 0 aliphatic carbocycles. The Balaban J connectivity index is 2.24. The van der Waals surface area contributed by atoms with Crippen molar-refractivity contribution in [2.45, 2.75) is 9.79 Å². The molecule has 13 heavy (non-hydrogen) atoms. The smallest absolute Gasteiger partial charge is 0.0837 e. The molecular formula is C8H4Br2S3. The molecule has 2 aromatic heterocycles. The molecule has 0 fully saturated rings. The molecular weight excluding hydrogens is 352 g/mol. The van der Waals surface area contributed by atoms with Crippen LogP contribution >= 0.6 is 66.3 Å². The van der Waals surface area contributed by atoms with Crippen LogP contribution in [0.15, 0.2) is 40.3 Å². The number of hydrogen-bond acceptors (Lipinski definition) is 3. The van der Waals surface area contributed by atoms with Crippen molar-refractivity contribution in [1.29, 1.82) is 0 Å². The minimum absolute atomic E-state index is 1.20. The molecule has 0 amide bonds. The van der Waals surface area contributed by atoms with Crippen LogP contribution in [0.25, 0.3) is 0 Å². The lowest BCUT2D eigenvalue weighted by molar-refractivity contribution is 1.47. The van der Waals surface area contributed by atoms with E-state index in [9.17, 15) is 0 Å². The summed E-state index contributed by atoms with van der Waals surface area (Å²) in [6.45, 7) is 0. The van der Waals surface area contributed by atoms with Crippen LogP contribution in [0.5, 0.6) is 0 Å². The zero-order valence-electron chi connectivity index (χ0n) is 6.29. The molecule has 2 aromatic rings. The van der Waals surface area contributed by atoms with Crippen molar-refractivity contribution in [2.75, 3.05) is 0 Å². The first-order valence-electron chi connectivity index (χ1n) is 3.41. The van der Waals surface area contributed by atoms with Crippen molar-refractivity contribution in [3.05, 3.63) is 30.5 Å². The summed E-state index contributed by atoms with van der Waals surface area (Å²) < 4.78 is 2.41. The normalized spacial score (nSPS) is 10.6. The minimum atomic E-state index is 1.20. The maximum atomic E-state index is 3.52. The van der Waals surface area contributed by atoms with Crippen molar-refractivity contribution in [3.63, 3.8) is 0 Å². The van der Waals surface area contributed by atoms with Gasteiger partial charge in [0, 0.05) is 9.79 Å². The van der Waals surface area contributed by atoms with Gasteiger partial charge in [0.15, 0.2) is 0 Å². The Labute approximate surface area is 106 Å². The van der Waals surface area contributed by atoms with Gasteiger partial charge >= 0.3 is 0 Å². The molecule has 0 aliphatic heterocycles. The third-order valence-electron chi connectivity index (χ3n) is 1.39. The standard InChI is InChI=1S/C8H4Br2S3/c9-7-5(1-3-11-7)13-6-2-4-12-8(6)10/h1-4H. The second-order valence-electron chi connectivity index (χ2n) is 2.22. The molecule has 0 N–H and O–H groups in total. The summed E-state index contributed by atoms with van der Waals surface area (Å²) in [5.74, 6) is 0. The molecule has 0 spiro atoms. The number of rotatable bonds is 2. The molecule has 0 saturated heterocycles. The SMILES string of the molecule is Brc1sccc1Sc1ccsc1Br. The van der Waals surface area contributed by atoms with Crippen LogP contribution < -0.4 is 0 Å². The lowest BCUT2D eigenvalue weighted by atomic mass is 10.7. The minimum Gasteiger partial charge on any atom is -0.136 e. The van der Waals surface area contributed by atoms with Crippen molar-refractivity contribution < 1.29 is 0 Å². The Hall–Kier alpha value is 0.710. The van der Waals surface area contributed by atoms with Gasteiger partial charge in [-0.2, -0.15) is 0 Å². The summed E-state index contributed by atoms with van der Waals surface area (Å²) in [6.07, 6.45) is 0. The molecule has 0 saturated carbocycles. The average Bonchev–Trinajstić information content (AvgIpc) is 2.65. The molecule has 0 radical (unpaired) electrons. The highest BCUT2D eigenvalue weighted by Crippen LogP contribution is 2.41. The molecule has 0 atom stereocenters. The molecule has 2 heterocycles. The van der Waals surface area contributed by atoms with Gasteiger partial charge < -0.3 is 0 Å². The van der Waals surface area contributed by atoms with E-state index in [0.717, 1.165) is 0 Å². The van der Waals surface area contributed by atoms with Crippen LogP contribution in [0, 0.1) is 0 Å². The van der Waals surface area contributed by atoms with Crippen molar-refractivity contribution >= 4 is 66.3 Å². The summed E-state index contributed by atoms with van der Waals surface area (Å²) in [5.41, 5.74) is 0. The Morgan fingerprint density at radius 2 is 1.38 bits per heavy atom. The summed E-state index contributed by atoms with van der Waals surface area (Å²) >= 11 is 12.3. The Morgan fingerprint density at radius 3 is 1.69 bits per heavy atom. The zero-order valence-corrected chi connectivity index (χ0v) is 11.9. The summed E-state index contributed by atoms with van der Waals surface area (Å²) in [5, 5.41) is 4.18. The zero-order chi connectivity index (χ0) is 9.26. The molecule has 0 unspecified atom stereocenters. The number of thiophene rings is 2. The van der Waals surface area contributed by atoms with E-state index in [-0.39, 0.29) is 0 Å². The van der Waals surface area contributed by atoms with Crippen LogP contribution in [0.3, 0.4) is 0 Å². The Bertz CT molecular complexity index is 367. The summed E-state index contributed by atoms with van der Waals surface area (Å²) in [7, 11) is 0. The second kappa shape index (κ2) is 4.49. The highest BCUT2D eigenvalue weighted by molar-refractivity contribution is 9.11. The second-order valence-corrected chi connectivity index (χ2v) is 7.77. The highest BCUT2D eigenvalue weighted by atomic mass is 79.9. The largest absolute Gasteiger partial charge is 0.136 e. The predicted octanol–water partition coefficient (Wildman–Crippen LogP) is 5.49. The van der Waals surface area contributed by atoms with Crippen LogP contribution in [0.1, 0.15) is 0 Å². The third kappa shape index (κ3) is 2.39. The molecule has 0 nitrogen and oxygen atoms in total. The topological polar surface area (TPSA) is 0 Å². The van der Waals surface area contributed by atoms with E-state index in [4.69, 9.17) is 0 Å². The van der Waals surface area contributed by atoms with E-state index in [1.807, 2.05) is 0 Å². The van der Waals surface area contributed by atoms with Crippen molar-refractivity contribution in [1.82, 2.24) is 0 Å². The fourth-order valence-electron chi connectivity index (χ4n) is 0.825. The highest BCUT2D eigenvalue weighted by Gasteiger charge is 2.06. The van der Waals surface area contributed by atoms with Gasteiger partial charge in [0.25, 0.3) is 0 Å². The van der Waals surface area contributed by atoms with Gasteiger partial charge in [0.05, 0.1) is 7.57 Å². The first kappa shape index (κ1) is 10.2. The van der Waals surface area contributed by atoms with E-state index in [2.05, 4.69) is 54.8 Å². The number of halogens is 2. The maximum Gasteiger partial charge on any atom is 0.0837 e. The fourth-order valence-corrected chi connectivity index (χ4v) is 4.62. The van der Waals surface area contributed by atoms with E-state index in [1.54, 1.807) is 34.4 Å². The van der Waals surface area contributed by atoms with E-state index < -0.39 is 0 Å². The van der Waals surface area contributed by atoms with Crippen LogP contribution in [0.2, 0.25) is 0 Å². The maximum absolute atomic E-state index is 3.52. The van der Waals surface area contributed by atoms with Crippen LogP contribution in [-0.4, -0.2) is 0 Å². The monoisotopic (exact) mass is 354 g/mol. The summed E-state index contributed by atoms with van der Waals surface area (Å²) in [4.78, 5) is 2.56. The van der Waals surface area contributed by atoms with Crippen LogP contribution in [0.4, 0.5) is 0 Å². The van der Waals surface area contributed by atoms with Gasteiger partial charge in [-0.15, -0.1) is 22.7 Å². The van der Waals surface area contributed by atoms with E-state index >= 15 is 0 Å². The molecule has 0 bridgehead atoms. The number of hydrogen-bond donors (Lipinski definition) is 0. The Kier molecular flexibility index (Phi) is 3.53. The molecule has 68 valence electrons. The lowest BCUT2D eigenvalue weighted by Gasteiger charge is -1.96. The lowest BCUT2D eigenvalue weighted by Crippen LogP contribution is -1.65. The first-order valence-corrected chi connectivity index (χ1v) is 7.57.